The molecule has 10 nitrogen and oxygen atoms in total. The second-order valence-corrected chi connectivity index (χ2v) is 7.39. The summed E-state index contributed by atoms with van der Waals surface area (Å²) in [6.45, 7) is 2.66. The number of nitrogens with one attached hydrogen (secondary N) is 2. The molecule has 0 bridgehead atoms. The maximum absolute atomic E-state index is 12.8. The van der Waals surface area contributed by atoms with Gasteiger partial charge in [0, 0.05) is 31.3 Å². The van der Waals surface area contributed by atoms with Crippen LogP contribution in [0.1, 0.15) is 19.8 Å². The lowest BCUT2D eigenvalue weighted by Gasteiger charge is -2.11. The Labute approximate surface area is 196 Å². The molecule has 0 aliphatic rings. The van der Waals surface area contributed by atoms with E-state index in [1.165, 1.54) is 25.1 Å². The Kier molecular flexibility index (Phi) is 8.44. The molecule has 0 saturated carbocycles. The first-order chi connectivity index (χ1) is 16.4. The molecule has 2 aromatic carbocycles. The van der Waals surface area contributed by atoms with Crippen molar-refractivity contribution in [2.45, 2.75) is 26.3 Å². The molecule has 0 fully saturated rings. The molecule has 1 heterocycles. The summed E-state index contributed by atoms with van der Waals surface area (Å²) in [5, 5.41) is 5.87. The number of carbonyl (C=O) groups excluding carboxylic acids is 2. The predicted octanol–water partition coefficient (Wildman–Crippen LogP) is 2.35. The van der Waals surface area contributed by atoms with Crippen LogP contribution in [0.3, 0.4) is 0 Å². The number of hydrogen-bond acceptors (Lipinski definition) is 7. The third kappa shape index (κ3) is 6.25. The minimum absolute atomic E-state index is 0.0666. The number of rotatable bonds is 11. The Morgan fingerprint density at radius 3 is 2.41 bits per heavy atom. The van der Waals surface area contributed by atoms with Crippen molar-refractivity contribution in [2.75, 3.05) is 32.7 Å². The highest BCUT2D eigenvalue weighted by molar-refractivity contribution is 5.90. The van der Waals surface area contributed by atoms with Crippen LogP contribution in [0.5, 0.6) is 17.2 Å². The van der Waals surface area contributed by atoms with Crippen LogP contribution in [0.2, 0.25) is 0 Å². The van der Waals surface area contributed by atoms with Gasteiger partial charge in [-0.3, -0.25) is 19.0 Å². The van der Waals surface area contributed by atoms with E-state index in [0.29, 0.717) is 53.3 Å². The molecule has 0 aliphatic carbocycles. The van der Waals surface area contributed by atoms with Crippen molar-refractivity contribution in [3.05, 3.63) is 53.1 Å². The SMILES string of the molecule is CCNC(=O)COc1ccc(NC(=O)CCCn2cnc3cc(OC)c(OC)cc3c2=O)cc1. The minimum Gasteiger partial charge on any atom is -0.493 e. The Hall–Kier alpha value is -4.08. The third-order valence-corrected chi connectivity index (χ3v) is 5.01. The smallest absolute Gasteiger partial charge is 0.261 e. The standard InChI is InChI=1S/C24H28N4O6/c1-4-25-23(30)14-34-17-9-7-16(8-10-17)27-22(29)6-5-11-28-15-26-19-13-21(33-3)20(32-2)12-18(19)24(28)31/h7-10,12-13,15H,4-6,11,14H2,1-3H3,(H,25,30)(H,27,29). The summed E-state index contributed by atoms with van der Waals surface area (Å²) < 4.78 is 17.4. The molecule has 0 unspecified atom stereocenters. The summed E-state index contributed by atoms with van der Waals surface area (Å²) >= 11 is 0. The fourth-order valence-corrected chi connectivity index (χ4v) is 3.31. The number of methoxy groups -OCH3 is 2. The molecule has 0 saturated heterocycles. The van der Waals surface area contributed by atoms with Crippen molar-refractivity contribution >= 4 is 28.4 Å². The molecule has 0 atom stereocenters. The number of hydrogen-bond donors (Lipinski definition) is 2. The number of aromatic nitrogens is 2. The molecule has 0 radical (unpaired) electrons. The van der Waals surface area contributed by atoms with Gasteiger partial charge < -0.3 is 24.8 Å². The van der Waals surface area contributed by atoms with E-state index in [1.54, 1.807) is 36.4 Å². The van der Waals surface area contributed by atoms with Gasteiger partial charge in [0.15, 0.2) is 18.1 Å². The van der Waals surface area contributed by atoms with Crippen molar-refractivity contribution in [2.24, 2.45) is 0 Å². The maximum atomic E-state index is 12.8. The quantitative estimate of drug-likeness (QED) is 0.443. The largest absolute Gasteiger partial charge is 0.493 e. The van der Waals surface area contributed by atoms with Gasteiger partial charge in [0.05, 0.1) is 31.4 Å². The Balaban J connectivity index is 1.53. The Morgan fingerprint density at radius 1 is 1.03 bits per heavy atom. The summed E-state index contributed by atoms with van der Waals surface area (Å²) in [6.07, 6.45) is 2.15. The van der Waals surface area contributed by atoms with E-state index >= 15 is 0 Å². The molecule has 1 aromatic heterocycles. The summed E-state index contributed by atoms with van der Waals surface area (Å²) in [6, 6.07) is 10.0. The number of nitrogens with zero attached hydrogens (tertiary/aromatic N) is 2. The maximum Gasteiger partial charge on any atom is 0.261 e. The van der Waals surface area contributed by atoms with Gasteiger partial charge in [0.25, 0.3) is 11.5 Å². The lowest BCUT2D eigenvalue weighted by atomic mass is 10.2. The van der Waals surface area contributed by atoms with Crippen LogP contribution in [-0.4, -0.2) is 48.7 Å². The van der Waals surface area contributed by atoms with E-state index in [4.69, 9.17) is 14.2 Å². The number of likely N-dealkylation sites (N-methyl/N-ethyl adjacent to an activating group) is 1. The number of carbonyl (C=O) groups is 2. The number of ether oxygens (including phenoxy) is 3. The zero-order valence-corrected chi connectivity index (χ0v) is 19.4. The molecule has 3 rings (SSSR count). The molecule has 34 heavy (non-hydrogen) atoms. The second kappa shape index (κ2) is 11.7. The summed E-state index contributed by atoms with van der Waals surface area (Å²) in [4.78, 5) is 40.9. The van der Waals surface area contributed by atoms with Crippen LogP contribution in [0.4, 0.5) is 5.69 Å². The van der Waals surface area contributed by atoms with E-state index in [-0.39, 0.29) is 30.4 Å². The molecule has 180 valence electrons. The van der Waals surface area contributed by atoms with Gasteiger partial charge in [0.1, 0.15) is 5.75 Å². The average Bonchev–Trinajstić information content (AvgIpc) is 2.84. The minimum atomic E-state index is -0.213. The number of fused-ring (bicyclic) bond motifs is 1. The van der Waals surface area contributed by atoms with Crippen LogP contribution >= 0.6 is 0 Å². The topological polar surface area (TPSA) is 121 Å². The summed E-state index contributed by atoms with van der Waals surface area (Å²) in [5.41, 5.74) is 0.908. The predicted molar refractivity (Wildman–Crippen MR) is 128 cm³/mol. The highest BCUT2D eigenvalue weighted by atomic mass is 16.5. The molecule has 3 aromatic rings. The normalized spacial score (nSPS) is 10.6. The zero-order valence-electron chi connectivity index (χ0n) is 19.4. The number of anilines is 1. The highest BCUT2D eigenvalue weighted by Crippen LogP contribution is 2.29. The van der Waals surface area contributed by atoms with E-state index in [2.05, 4.69) is 15.6 Å². The van der Waals surface area contributed by atoms with Crippen LogP contribution in [-0.2, 0) is 16.1 Å². The molecule has 10 heteroatoms. The van der Waals surface area contributed by atoms with Gasteiger partial charge in [0.2, 0.25) is 5.91 Å². The van der Waals surface area contributed by atoms with Gasteiger partial charge in [-0.2, -0.15) is 0 Å². The van der Waals surface area contributed by atoms with Gasteiger partial charge in [-0.1, -0.05) is 0 Å². The lowest BCUT2D eigenvalue weighted by molar-refractivity contribution is -0.123. The fraction of sp³-hybridized carbons (Fsp3) is 0.333. The molecule has 2 amide bonds. The van der Waals surface area contributed by atoms with Crippen molar-refractivity contribution in [3.63, 3.8) is 0 Å². The number of benzene rings is 2. The second-order valence-electron chi connectivity index (χ2n) is 7.39. The third-order valence-electron chi connectivity index (χ3n) is 5.01. The van der Waals surface area contributed by atoms with Crippen molar-refractivity contribution < 1.29 is 23.8 Å². The van der Waals surface area contributed by atoms with E-state index in [9.17, 15) is 14.4 Å². The Bertz CT molecular complexity index is 1210. The van der Waals surface area contributed by atoms with Gasteiger partial charge in [-0.15, -0.1) is 0 Å². The van der Waals surface area contributed by atoms with E-state index in [0.717, 1.165) is 0 Å². The Morgan fingerprint density at radius 2 is 1.74 bits per heavy atom. The van der Waals surface area contributed by atoms with Crippen LogP contribution < -0.4 is 30.4 Å². The molecular formula is C24H28N4O6. The first-order valence-corrected chi connectivity index (χ1v) is 10.9. The number of aryl methyl sites for hydroxylation is 1. The summed E-state index contributed by atoms with van der Waals surface area (Å²) in [5.74, 6) is 1.11. The van der Waals surface area contributed by atoms with Gasteiger partial charge >= 0.3 is 0 Å². The monoisotopic (exact) mass is 468 g/mol. The first-order valence-electron chi connectivity index (χ1n) is 10.9. The summed E-state index contributed by atoms with van der Waals surface area (Å²) in [7, 11) is 3.02. The molecule has 2 N–H and O–H groups in total. The van der Waals surface area contributed by atoms with Gasteiger partial charge in [-0.25, -0.2) is 4.98 Å². The van der Waals surface area contributed by atoms with Crippen LogP contribution in [0.15, 0.2) is 47.5 Å². The highest BCUT2D eigenvalue weighted by Gasteiger charge is 2.11. The first kappa shape index (κ1) is 24.6. The van der Waals surface area contributed by atoms with E-state index < -0.39 is 0 Å². The van der Waals surface area contributed by atoms with Crippen molar-refractivity contribution in [3.8, 4) is 17.2 Å². The van der Waals surface area contributed by atoms with Crippen LogP contribution in [0, 0.1) is 0 Å². The average molecular weight is 469 g/mol. The molecule has 0 aliphatic heterocycles. The van der Waals surface area contributed by atoms with E-state index in [1.807, 2.05) is 6.92 Å². The van der Waals surface area contributed by atoms with Gasteiger partial charge in [-0.05, 0) is 43.7 Å². The van der Waals surface area contributed by atoms with Crippen molar-refractivity contribution in [1.29, 1.82) is 0 Å². The fourth-order valence-electron chi connectivity index (χ4n) is 3.31. The molecular weight excluding hydrogens is 440 g/mol. The number of amides is 2. The lowest BCUT2D eigenvalue weighted by Crippen LogP contribution is -2.28. The molecule has 0 spiro atoms. The zero-order chi connectivity index (χ0) is 24.5. The van der Waals surface area contributed by atoms with Crippen LogP contribution in [0.25, 0.3) is 10.9 Å². The van der Waals surface area contributed by atoms with Crippen molar-refractivity contribution in [1.82, 2.24) is 14.9 Å².